The molecule has 6 heteroatoms. The molecule has 0 saturated heterocycles. The maximum absolute atomic E-state index is 11.8. The zero-order valence-corrected chi connectivity index (χ0v) is 12.3. The van der Waals surface area contributed by atoms with Gasteiger partial charge in [0, 0.05) is 21.1 Å². The zero-order chi connectivity index (χ0) is 14.4. The number of hydrogen-bond acceptors (Lipinski definition) is 4. The molecule has 104 valence electrons. The SMILES string of the molecule is CNC(=O)Oc1ccccc1SC(C)C(=O)N(C)C. The minimum Gasteiger partial charge on any atom is -0.409 e. The van der Waals surface area contributed by atoms with Crippen molar-refractivity contribution in [3.63, 3.8) is 0 Å². The molecular weight excluding hydrogens is 264 g/mol. The number of ether oxygens (including phenoxy) is 1. The number of nitrogens with zero attached hydrogens (tertiary/aromatic N) is 1. The third kappa shape index (κ3) is 4.48. The van der Waals surface area contributed by atoms with E-state index >= 15 is 0 Å². The summed E-state index contributed by atoms with van der Waals surface area (Å²) in [5, 5.41) is 2.14. The lowest BCUT2D eigenvalue weighted by molar-refractivity contribution is -0.127. The molecule has 19 heavy (non-hydrogen) atoms. The van der Waals surface area contributed by atoms with Crippen LogP contribution in [0.3, 0.4) is 0 Å². The number of benzene rings is 1. The van der Waals surface area contributed by atoms with Crippen LogP contribution in [-0.2, 0) is 4.79 Å². The van der Waals surface area contributed by atoms with E-state index in [-0.39, 0.29) is 11.2 Å². The number of carbonyl (C=O) groups is 2. The molecule has 0 fully saturated rings. The van der Waals surface area contributed by atoms with Crippen molar-refractivity contribution in [3.8, 4) is 5.75 Å². The van der Waals surface area contributed by atoms with Gasteiger partial charge >= 0.3 is 6.09 Å². The van der Waals surface area contributed by atoms with E-state index in [2.05, 4.69) is 5.32 Å². The largest absolute Gasteiger partial charge is 0.412 e. The van der Waals surface area contributed by atoms with E-state index in [0.717, 1.165) is 4.90 Å². The summed E-state index contributed by atoms with van der Waals surface area (Å²) in [5.41, 5.74) is 0. The summed E-state index contributed by atoms with van der Waals surface area (Å²) in [6.45, 7) is 1.82. The van der Waals surface area contributed by atoms with Crippen molar-refractivity contribution in [1.82, 2.24) is 10.2 Å². The Bertz CT molecular complexity index is 463. The molecule has 0 saturated carbocycles. The molecule has 0 aromatic heterocycles. The van der Waals surface area contributed by atoms with Crippen molar-refractivity contribution in [1.29, 1.82) is 0 Å². The van der Waals surface area contributed by atoms with Crippen LogP contribution in [0.15, 0.2) is 29.2 Å². The van der Waals surface area contributed by atoms with E-state index < -0.39 is 6.09 Å². The fourth-order valence-electron chi connectivity index (χ4n) is 1.39. The van der Waals surface area contributed by atoms with E-state index in [4.69, 9.17) is 4.74 Å². The molecule has 0 spiro atoms. The molecule has 1 aromatic carbocycles. The van der Waals surface area contributed by atoms with E-state index in [1.165, 1.54) is 18.8 Å². The zero-order valence-electron chi connectivity index (χ0n) is 11.5. The van der Waals surface area contributed by atoms with Gasteiger partial charge in [0.05, 0.1) is 10.1 Å². The minimum absolute atomic E-state index is 0.0137. The fourth-order valence-corrected chi connectivity index (χ4v) is 2.46. The van der Waals surface area contributed by atoms with Crippen molar-refractivity contribution < 1.29 is 14.3 Å². The topological polar surface area (TPSA) is 58.6 Å². The lowest BCUT2D eigenvalue weighted by Crippen LogP contribution is -2.29. The van der Waals surface area contributed by atoms with Crippen LogP contribution in [0, 0.1) is 0 Å². The maximum atomic E-state index is 11.8. The normalized spacial score (nSPS) is 11.6. The molecule has 0 bridgehead atoms. The van der Waals surface area contributed by atoms with Crippen LogP contribution in [0.2, 0.25) is 0 Å². The number of carbonyl (C=O) groups excluding carboxylic acids is 2. The smallest absolute Gasteiger partial charge is 0.409 e. The third-order valence-corrected chi connectivity index (χ3v) is 3.49. The number of amides is 2. The molecule has 1 N–H and O–H groups in total. The molecule has 5 nitrogen and oxygen atoms in total. The van der Waals surface area contributed by atoms with Gasteiger partial charge in [-0.05, 0) is 19.1 Å². The van der Waals surface area contributed by atoms with Gasteiger partial charge in [-0.1, -0.05) is 12.1 Å². The summed E-state index contributed by atoms with van der Waals surface area (Å²) in [6.07, 6.45) is -0.528. The Kier molecular flexibility index (Phi) is 5.69. The van der Waals surface area contributed by atoms with Gasteiger partial charge in [0.15, 0.2) is 0 Å². The van der Waals surface area contributed by atoms with Crippen molar-refractivity contribution in [2.24, 2.45) is 0 Å². The van der Waals surface area contributed by atoms with E-state index in [1.807, 2.05) is 19.1 Å². The molecule has 1 aromatic rings. The van der Waals surface area contributed by atoms with Crippen LogP contribution in [-0.4, -0.2) is 43.3 Å². The monoisotopic (exact) mass is 282 g/mol. The average molecular weight is 282 g/mol. The Hall–Kier alpha value is -1.69. The van der Waals surface area contributed by atoms with Gasteiger partial charge in [0.1, 0.15) is 5.75 Å². The van der Waals surface area contributed by atoms with Crippen molar-refractivity contribution in [2.75, 3.05) is 21.1 Å². The Labute approximate surface area is 117 Å². The molecule has 1 atom stereocenters. The van der Waals surface area contributed by atoms with Crippen LogP contribution < -0.4 is 10.1 Å². The van der Waals surface area contributed by atoms with Crippen LogP contribution in [0.4, 0.5) is 4.79 Å². The second-order valence-electron chi connectivity index (χ2n) is 4.08. The summed E-state index contributed by atoms with van der Waals surface area (Å²) in [4.78, 5) is 25.4. The second kappa shape index (κ2) is 7.04. The van der Waals surface area contributed by atoms with Crippen LogP contribution in [0.1, 0.15) is 6.92 Å². The minimum atomic E-state index is -0.528. The fraction of sp³-hybridized carbons (Fsp3) is 0.385. The van der Waals surface area contributed by atoms with E-state index in [9.17, 15) is 9.59 Å². The van der Waals surface area contributed by atoms with Crippen LogP contribution in [0.5, 0.6) is 5.75 Å². The first-order valence-corrected chi connectivity index (χ1v) is 6.70. The lowest BCUT2D eigenvalue weighted by Gasteiger charge is -2.17. The Morgan fingerprint density at radius 3 is 2.53 bits per heavy atom. The van der Waals surface area contributed by atoms with Crippen molar-refractivity contribution in [2.45, 2.75) is 17.1 Å². The average Bonchev–Trinajstić information content (AvgIpc) is 2.39. The summed E-state index contributed by atoms with van der Waals surface area (Å²) in [7, 11) is 4.93. The Morgan fingerprint density at radius 1 is 1.32 bits per heavy atom. The predicted octanol–water partition coefficient (Wildman–Crippen LogP) is 1.97. The number of rotatable bonds is 4. The highest BCUT2D eigenvalue weighted by atomic mass is 32.2. The van der Waals surface area contributed by atoms with Crippen LogP contribution in [0.25, 0.3) is 0 Å². The van der Waals surface area contributed by atoms with Gasteiger partial charge in [-0.2, -0.15) is 0 Å². The van der Waals surface area contributed by atoms with Gasteiger partial charge in [0.25, 0.3) is 0 Å². The number of thioether (sulfide) groups is 1. The Morgan fingerprint density at radius 2 is 1.95 bits per heavy atom. The van der Waals surface area contributed by atoms with Gasteiger partial charge in [-0.25, -0.2) is 4.79 Å². The number of nitrogens with one attached hydrogen (secondary N) is 1. The second-order valence-corrected chi connectivity index (χ2v) is 5.46. The molecular formula is C13H18N2O3S. The maximum Gasteiger partial charge on any atom is 0.412 e. The summed E-state index contributed by atoms with van der Waals surface area (Å²) < 4.78 is 5.14. The molecule has 1 unspecified atom stereocenters. The molecule has 1 rings (SSSR count). The van der Waals surface area contributed by atoms with E-state index in [1.54, 1.807) is 31.1 Å². The Balaban J connectivity index is 2.83. The first kappa shape index (κ1) is 15.4. The highest BCUT2D eigenvalue weighted by Gasteiger charge is 2.18. The third-order valence-electron chi connectivity index (χ3n) is 2.35. The standard InChI is InChI=1S/C13H18N2O3S/c1-9(12(16)15(3)4)19-11-8-6-5-7-10(11)18-13(17)14-2/h5-9H,1-4H3,(H,14,17). The number of hydrogen-bond donors (Lipinski definition) is 1. The molecule has 0 radical (unpaired) electrons. The van der Waals surface area contributed by atoms with Gasteiger partial charge in [0.2, 0.25) is 5.91 Å². The van der Waals surface area contributed by atoms with Crippen molar-refractivity contribution in [3.05, 3.63) is 24.3 Å². The van der Waals surface area contributed by atoms with Gasteiger partial charge < -0.3 is 15.0 Å². The molecule has 2 amide bonds. The molecule has 0 aliphatic rings. The van der Waals surface area contributed by atoms with Crippen molar-refractivity contribution >= 4 is 23.8 Å². The first-order valence-electron chi connectivity index (χ1n) is 5.82. The summed E-state index contributed by atoms with van der Waals surface area (Å²) in [5.74, 6) is 0.463. The van der Waals surface area contributed by atoms with E-state index in [0.29, 0.717) is 5.75 Å². The molecule has 0 aliphatic heterocycles. The quantitative estimate of drug-likeness (QED) is 0.858. The predicted molar refractivity (Wildman–Crippen MR) is 75.5 cm³/mol. The highest BCUT2D eigenvalue weighted by molar-refractivity contribution is 8.00. The lowest BCUT2D eigenvalue weighted by atomic mass is 10.3. The van der Waals surface area contributed by atoms with Gasteiger partial charge in [-0.15, -0.1) is 11.8 Å². The van der Waals surface area contributed by atoms with Gasteiger partial charge in [-0.3, -0.25) is 4.79 Å². The summed E-state index contributed by atoms with van der Waals surface area (Å²) in [6, 6.07) is 7.14. The van der Waals surface area contributed by atoms with Crippen LogP contribution >= 0.6 is 11.8 Å². The molecule has 0 heterocycles. The highest BCUT2D eigenvalue weighted by Crippen LogP contribution is 2.32. The number of para-hydroxylation sites is 1. The first-order chi connectivity index (χ1) is 8.95. The summed E-state index contributed by atoms with van der Waals surface area (Å²) >= 11 is 1.36. The molecule has 0 aliphatic carbocycles.